The summed E-state index contributed by atoms with van der Waals surface area (Å²) in [5.41, 5.74) is 3.11. The summed E-state index contributed by atoms with van der Waals surface area (Å²) in [6.45, 7) is 0. The summed E-state index contributed by atoms with van der Waals surface area (Å²) < 4.78 is 13.1. The molecule has 1 aliphatic carbocycles. The predicted octanol–water partition coefficient (Wildman–Crippen LogP) is 2.69. The van der Waals surface area contributed by atoms with E-state index in [0.29, 0.717) is 5.13 Å². The van der Waals surface area contributed by atoms with Gasteiger partial charge in [0.05, 0.1) is 11.9 Å². The van der Waals surface area contributed by atoms with E-state index in [1.54, 1.807) is 11.3 Å². The summed E-state index contributed by atoms with van der Waals surface area (Å²) in [6, 6.07) is 1.21. The quantitative estimate of drug-likeness (QED) is 0.712. The van der Waals surface area contributed by atoms with Gasteiger partial charge in [-0.15, -0.1) is 11.3 Å². The van der Waals surface area contributed by atoms with Gasteiger partial charge in [0.1, 0.15) is 0 Å². The molecule has 0 aromatic carbocycles. The summed E-state index contributed by atoms with van der Waals surface area (Å²) >= 11 is 1.55. The van der Waals surface area contributed by atoms with Gasteiger partial charge in [-0.3, -0.25) is 10.4 Å². The van der Waals surface area contributed by atoms with Crippen LogP contribution in [-0.4, -0.2) is 25.1 Å². The molecule has 2 N–H and O–H groups in total. The third kappa shape index (κ3) is 2.27. The Labute approximate surface area is 123 Å². The maximum atomic E-state index is 13.1. The van der Waals surface area contributed by atoms with Gasteiger partial charge >= 0.3 is 0 Å². The smallest absolute Gasteiger partial charge is 0.231 e. The molecule has 6 nitrogen and oxygen atoms in total. The van der Waals surface area contributed by atoms with Crippen molar-refractivity contribution in [2.45, 2.75) is 19.3 Å². The molecule has 3 heterocycles. The van der Waals surface area contributed by atoms with E-state index < -0.39 is 5.95 Å². The highest BCUT2D eigenvalue weighted by molar-refractivity contribution is 7.16. The van der Waals surface area contributed by atoms with Gasteiger partial charge in [-0.1, -0.05) is 0 Å². The van der Waals surface area contributed by atoms with Gasteiger partial charge in [-0.25, -0.2) is 9.97 Å². The third-order valence-corrected chi connectivity index (χ3v) is 4.37. The number of anilines is 2. The molecule has 106 valence electrons. The van der Waals surface area contributed by atoms with Crippen LogP contribution in [0.5, 0.6) is 0 Å². The fourth-order valence-corrected chi connectivity index (χ4v) is 3.42. The average molecular weight is 302 g/mol. The summed E-state index contributed by atoms with van der Waals surface area (Å²) in [5, 5.41) is 10.7. The number of H-pyrrole nitrogens is 1. The molecule has 0 amide bonds. The number of halogens is 1. The molecule has 3 aromatic rings. The van der Waals surface area contributed by atoms with Crippen LogP contribution < -0.4 is 5.32 Å². The number of hydrogen-bond acceptors (Lipinski definition) is 6. The molecule has 0 fully saturated rings. The van der Waals surface area contributed by atoms with Crippen molar-refractivity contribution in [1.29, 1.82) is 0 Å². The van der Waals surface area contributed by atoms with Crippen molar-refractivity contribution >= 4 is 22.4 Å². The summed E-state index contributed by atoms with van der Waals surface area (Å²) in [7, 11) is 0. The zero-order valence-electron chi connectivity index (χ0n) is 10.9. The van der Waals surface area contributed by atoms with Crippen LogP contribution in [0, 0.1) is 5.95 Å². The number of aromatic amines is 1. The van der Waals surface area contributed by atoms with E-state index in [1.165, 1.54) is 17.1 Å². The minimum Gasteiger partial charge on any atom is -0.300 e. The lowest BCUT2D eigenvalue weighted by molar-refractivity contribution is 0.582. The van der Waals surface area contributed by atoms with Gasteiger partial charge in [-0.2, -0.15) is 14.5 Å². The highest BCUT2D eigenvalue weighted by Gasteiger charge is 2.21. The Bertz CT molecular complexity index is 796. The first-order valence-electron chi connectivity index (χ1n) is 6.57. The lowest BCUT2D eigenvalue weighted by atomic mass is 10.2. The van der Waals surface area contributed by atoms with Crippen LogP contribution in [0.4, 0.5) is 15.5 Å². The molecule has 0 spiro atoms. The Kier molecular flexibility index (Phi) is 2.88. The lowest BCUT2D eigenvalue weighted by Crippen LogP contribution is -1.97. The first kappa shape index (κ1) is 12.4. The van der Waals surface area contributed by atoms with E-state index >= 15 is 0 Å². The van der Waals surface area contributed by atoms with Crippen molar-refractivity contribution < 1.29 is 4.39 Å². The molecule has 0 saturated carbocycles. The van der Waals surface area contributed by atoms with E-state index in [2.05, 4.69) is 30.5 Å². The van der Waals surface area contributed by atoms with E-state index in [-0.39, 0.29) is 5.95 Å². The minimum absolute atomic E-state index is 0.214. The van der Waals surface area contributed by atoms with Crippen LogP contribution >= 0.6 is 11.3 Å². The second-order valence-electron chi connectivity index (χ2n) is 4.73. The van der Waals surface area contributed by atoms with Crippen molar-refractivity contribution in [3.63, 3.8) is 0 Å². The maximum absolute atomic E-state index is 13.1. The highest BCUT2D eigenvalue weighted by atomic mass is 32.1. The van der Waals surface area contributed by atoms with Gasteiger partial charge in [0.2, 0.25) is 11.9 Å². The molecule has 21 heavy (non-hydrogen) atoms. The van der Waals surface area contributed by atoms with E-state index in [9.17, 15) is 4.39 Å². The van der Waals surface area contributed by atoms with Gasteiger partial charge in [0.25, 0.3) is 0 Å². The number of nitrogens with one attached hydrogen (secondary N) is 2. The molecule has 4 rings (SSSR count). The van der Waals surface area contributed by atoms with Gasteiger partial charge in [-0.05, 0) is 19.3 Å². The zero-order valence-corrected chi connectivity index (χ0v) is 11.7. The lowest BCUT2D eigenvalue weighted by Gasteiger charge is -1.99. The first-order valence-corrected chi connectivity index (χ1v) is 7.39. The summed E-state index contributed by atoms with van der Waals surface area (Å²) in [5.74, 6) is -0.353. The molecule has 3 aromatic heterocycles. The van der Waals surface area contributed by atoms with Crippen LogP contribution in [0.25, 0.3) is 11.3 Å². The highest BCUT2D eigenvalue weighted by Crippen LogP contribution is 2.36. The van der Waals surface area contributed by atoms with Crippen LogP contribution in [0.1, 0.15) is 17.0 Å². The number of thiazole rings is 1. The fourth-order valence-electron chi connectivity index (χ4n) is 2.41. The molecule has 0 atom stereocenters. The summed E-state index contributed by atoms with van der Waals surface area (Å²) in [4.78, 5) is 13.5. The molecule has 0 aliphatic heterocycles. The molecular formula is C13H11FN6S. The molecule has 0 unspecified atom stereocenters. The van der Waals surface area contributed by atoms with Crippen LogP contribution in [-0.2, 0) is 12.8 Å². The topological polar surface area (TPSA) is 79.4 Å². The number of aromatic nitrogens is 5. The summed E-state index contributed by atoms with van der Waals surface area (Å²) in [6.07, 6.45) is 6.19. The minimum atomic E-state index is -0.567. The Hall–Kier alpha value is -2.35. The molecule has 0 bridgehead atoms. The molecular weight excluding hydrogens is 291 g/mol. The Morgan fingerprint density at radius 3 is 3.14 bits per heavy atom. The fraction of sp³-hybridized carbons (Fsp3) is 0.231. The van der Waals surface area contributed by atoms with Crippen LogP contribution in [0.15, 0.2) is 18.5 Å². The first-order chi connectivity index (χ1) is 10.3. The zero-order chi connectivity index (χ0) is 14.2. The largest absolute Gasteiger partial charge is 0.300 e. The van der Waals surface area contributed by atoms with Crippen LogP contribution in [0.3, 0.4) is 0 Å². The number of aryl methyl sites for hydroxylation is 2. The Balaban J connectivity index is 1.70. The van der Waals surface area contributed by atoms with E-state index in [4.69, 9.17) is 0 Å². The maximum Gasteiger partial charge on any atom is 0.231 e. The van der Waals surface area contributed by atoms with Crippen molar-refractivity contribution in [3.05, 3.63) is 35.0 Å². The second-order valence-corrected chi connectivity index (χ2v) is 5.82. The number of fused-ring (bicyclic) bond motifs is 3. The van der Waals surface area contributed by atoms with Crippen molar-refractivity contribution in [2.75, 3.05) is 5.32 Å². The van der Waals surface area contributed by atoms with Crippen LogP contribution in [0.2, 0.25) is 0 Å². The number of rotatable bonds is 2. The Morgan fingerprint density at radius 1 is 1.29 bits per heavy atom. The average Bonchev–Trinajstić information content (AvgIpc) is 3.03. The number of nitrogens with zero attached hydrogens (tertiary/aromatic N) is 4. The molecule has 1 aliphatic rings. The monoisotopic (exact) mass is 302 g/mol. The Morgan fingerprint density at radius 2 is 2.24 bits per heavy atom. The molecule has 0 saturated heterocycles. The normalized spacial score (nSPS) is 13.4. The standard InChI is InChI=1S/C13H11FN6S/c14-10-4-5-15-12(17-10)19-13-18-11-7-6-16-20-8(7)2-1-3-9(11)21-13/h4-6H,1-3H2,(H,16,20)(H,15,17,18,19). The van der Waals surface area contributed by atoms with Gasteiger partial charge < -0.3 is 0 Å². The van der Waals surface area contributed by atoms with Gasteiger partial charge in [0, 0.05) is 28.4 Å². The SMILES string of the molecule is Fc1ccnc(Nc2nc3c(s2)CCCc2[nH]ncc2-3)n1. The van der Waals surface area contributed by atoms with Crippen molar-refractivity contribution in [1.82, 2.24) is 25.1 Å². The van der Waals surface area contributed by atoms with E-state index in [1.807, 2.05) is 6.20 Å². The second kappa shape index (κ2) is 4.88. The number of hydrogen-bond donors (Lipinski definition) is 2. The predicted molar refractivity (Wildman–Crippen MR) is 77.0 cm³/mol. The molecule has 8 heteroatoms. The van der Waals surface area contributed by atoms with Gasteiger partial charge in [0.15, 0.2) is 5.13 Å². The van der Waals surface area contributed by atoms with Crippen molar-refractivity contribution in [2.24, 2.45) is 0 Å². The van der Waals surface area contributed by atoms with Crippen molar-refractivity contribution in [3.8, 4) is 11.3 Å². The van der Waals surface area contributed by atoms with E-state index in [0.717, 1.165) is 36.2 Å². The molecule has 0 radical (unpaired) electrons. The third-order valence-electron chi connectivity index (χ3n) is 3.34.